The molecule has 198 valence electrons. The monoisotopic (exact) mass is 500 g/mol. The molecule has 1 aliphatic carbocycles. The summed E-state index contributed by atoms with van der Waals surface area (Å²) in [6, 6.07) is 7.73. The zero-order chi connectivity index (χ0) is 26.5. The number of hydrogen-bond donors (Lipinski definition) is 1. The molecular formula is C29H40O7. The van der Waals surface area contributed by atoms with Gasteiger partial charge in [-0.1, -0.05) is 45.1 Å². The SMILES string of the molecule is C=C(C)C(=O)OCC(COC(=O)C(=C)CO)C1CCC(C(=O)Oc2ccc(CCCCC)cc2)CC1. The summed E-state index contributed by atoms with van der Waals surface area (Å²) in [5.41, 5.74) is 1.50. The molecule has 0 spiro atoms. The van der Waals surface area contributed by atoms with E-state index in [9.17, 15) is 14.4 Å². The van der Waals surface area contributed by atoms with Gasteiger partial charge in [-0.2, -0.15) is 0 Å². The van der Waals surface area contributed by atoms with Gasteiger partial charge in [0.15, 0.2) is 0 Å². The molecular weight excluding hydrogens is 460 g/mol. The minimum Gasteiger partial charge on any atom is -0.462 e. The van der Waals surface area contributed by atoms with Gasteiger partial charge in [-0.3, -0.25) is 4.79 Å². The average Bonchev–Trinajstić information content (AvgIpc) is 2.89. The van der Waals surface area contributed by atoms with E-state index in [0.717, 1.165) is 12.8 Å². The number of benzene rings is 1. The fourth-order valence-corrected chi connectivity index (χ4v) is 4.30. The molecule has 1 aromatic carbocycles. The zero-order valence-electron chi connectivity index (χ0n) is 21.6. The van der Waals surface area contributed by atoms with Crippen LogP contribution in [-0.2, 0) is 30.3 Å². The molecule has 7 nitrogen and oxygen atoms in total. The minimum atomic E-state index is -0.678. The smallest absolute Gasteiger partial charge is 0.335 e. The van der Waals surface area contributed by atoms with Gasteiger partial charge in [-0.15, -0.1) is 0 Å². The van der Waals surface area contributed by atoms with Crippen molar-refractivity contribution in [2.45, 2.75) is 65.2 Å². The molecule has 1 unspecified atom stereocenters. The summed E-state index contributed by atoms with van der Waals surface area (Å²) in [5, 5.41) is 9.08. The quantitative estimate of drug-likeness (QED) is 0.167. The van der Waals surface area contributed by atoms with E-state index in [2.05, 4.69) is 20.1 Å². The Morgan fingerprint density at radius 3 is 2.14 bits per heavy atom. The summed E-state index contributed by atoms with van der Waals surface area (Å²) >= 11 is 0. The highest BCUT2D eigenvalue weighted by Gasteiger charge is 2.33. The number of carbonyl (C=O) groups is 3. The van der Waals surface area contributed by atoms with Gasteiger partial charge < -0.3 is 19.3 Å². The van der Waals surface area contributed by atoms with Crippen molar-refractivity contribution in [3.8, 4) is 5.75 Å². The maximum atomic E-state index is 12.7. The third kappa shape index (κ3) is 9.61. The molecule has 0 aromatic heterocycles. The van der Waals surface area contributed by atoms with E-state index in [-0.39, 0.29) is 42.5 Å². The van der Waals surface area contributed by atoms with Crippen LogP contribution in [0, 0.1) is 17.8 Å². The Kier molecular flexibility index (Phi) is 12.4. The lowest BCUT2D eigenvalue weighted by Gasteiger charge is -2.32. The second-order valence-electron chi connectivity index (χ2n) is 9.63. The van der Waals surface area contributed by atoms with Crippen molar-refractivity contribution in [2.75, 3.05) is 19.8 Å². The van der Waals surface area contributed by atoms with Crippen LogP contribution < -0.4 is 4.74 Å². The molecule has 1 atom stereocenters. The fourth-order valence-electron chi connectivity index (χ4n) is 4.30. The molecule has 0 radical (unpaired) electrons. The highest BCUT2D eigenvalue weighted by atomic mass is 16.5. The van der Waals surface area contributed by atoms with Crippen molar-refractivity contribution < 1.29 is 33.7 Å². The van der Waals surface area contributed by atoms with E-state index < -0.39 is 18.5 Å². The molecule has 0 heterocycles. The van der Waals surface area contributed by atoms with Crippen LogP contribution in [0.15, 0.2) is 48.6 Å². The Morgan fingerprint density at radius 2 is 1.58 bits per heavy atom. The van der Waals surface area contributed by atoms with E-state index >= 15 is 0 Å². The maximum Gasteiger partial charge on any atom is 0.335 e. The topological polar surface area (TPSA) is 99.1 Å². The third-order valence-corrected chi connectivity index (χ3v) is 6.67. The first kappa shape index (κ1) is 29.3. The number of aliphatic hydroxyl groups excluding tert-OH is 1. The van der Waals surface area contributed by atoms with Gasteiger partial charge in [-0.05, 0) is 69.1 Å². The molecule has 0 aliphatic heterocycles. The summed E-state index contributed by atoms with van der Waals surface area (Å²) in [6.07, 6.45) is 7.27. The van der Waals surface area contributed by atoms with Gasteiger partial charge >= 0.3 is 17.9 Å². The van der Waals surface area contributed by atoms with Crippen LogP contribution in [0.5, 0.6) is 5.75 Å². The molecule has 1 fully saturated rings. The van der Waals surface area contributed by atoms with Crippen LogP contribution in [-0.4, -0.2) is 42.8 Å². The van der Waals surface area contributed by atoms with Gasteiger partial charge in [0.1, 0.15) is 5.75 Å². The van der Waals surface area contributed by atoms with Crippen molar-refractivity contribution in [2.24, 2.45) is 17.8 Å². The molecule has 1 N–H and O–H groups in total. The van der Waals surface area contributed by atoms with E-state index in [0.29, 0.717) is 37.0 Å². The summed E-state index contributed by atoms with van der Waals surface area (Å²) in [7, 11) is 0. The number of hydrogen-bond acceptors (Lipinski definition) is 7. The number of aliphatic hydroxyl groups is 1. The molecule has 1 saturated carbocycles. The van der Waals surface area contributed by atoms with Gasteiger partial charge in [0, 0.05) is 11.5 Å². The fraction of sp³-hybridized carbons (Fsp3) is 0.552. The van der Waals surface area contributed by atoms with Crippen LogP contribution in [0.3, 0.4) is 0 Å². The molecule has 7 heteroatoms. The zero-order valence-corrected chi connectivity index (χ0v) is 21.6. The lowest BCUT2D eigenvalue weighted by molar-refractivity contribution is -0.146. The van der Waals surface area contributed by atoms with Crippen molar-refractivity contribution in [1.29, 1.82) is 0 Å². The third-order valence-electron chi connectivity index (χ3n) is 6.67. The van der Waals surface area contributed by atoms with Crippen molar-refractivity contribution >= 4 is 17.9 Å². The van der Waals surface area contributed by atoms with E-state index in [4.69, 9.17) is 19.3 Å². The van der Waals surface area contributed by atoms with Gasteiger partial charge in [0.2, 0.25) is 0 Å². The molecule has 0 saturated heterocycles. The van der Waals surface area contributed by atoms with Crippen LogP contribution in [0.1, 0.15) is 64.4 Å². The number of carbonyl (C=O) groups excluding carboxylic acids is 3. The predicted octanol–water partition coefficient (Wildman–Crippen LogP) is 4.96. The van der Waals surface area contributed by atoms with Crippen LogP contribution in [0.2, 0.25) is 0 Å². The van der Waals surface area contributed by atoms with Gasteiger partial charge in [0.05, 0.1) is 31.3 Å². The summed E-state index contributed by atoms with van der Waals surface area (Å²) in [4.78, 5) is 36.6. The molecule has 2 rings (SSSR count). The summed E-state index contributed by atoms with van der Waals surface area (Å²) in [6.45, 7) is 10.4. The molecule has 0 amide bonds. The number of unbranched alkanes of at least 4 members (excludes halogenated alkanes) is 2. The highest BCUT2D eigenvalue weighted by molar-refractivity contribution is 5.88. The van der Waals surface area contributed by atoms with E-state index in [1.54, 1.807) is 6.92 Å². The first-order chi connectivity index (χ1) is 17.2. The number of aryl methyl sites for hydroxylation is 1. The first-order valence-electron chi connectivity index (χ1n) is 12.8. The van der Waals surface area contributed by atoms with E-state index in [1.165, 1.54) is 18.4 Å². The van der Waals surface area contributed by atoms with Crippen LogP contribution >= 0.6 is 0 Å². The Balaban J connectivity index is 1.89. The molecule has 36 heavy (non-hydrogen) atoms. The number of esters is 3. The number of ether oxygens (including phenoxy) is 3. The predicted molar refractivity (Wildman–Crippen MR) is 137 cm³/mol. The molecule has 1 aromatic rings. The van der Waals surface area contributed by atoms with Gasteiger partial charge in [0.25, 0.3) is 0 Å². The van der Waals surface area contributed by atoms with Crippen molar-refractivity contribution in [1.82, 2.24) is 0 Å². The lowest BCUT2D eigenvalue weighted by atomic mass is 9.76. The largest absolute Gasteiger partial charge is 0.462 e. The minimum absolute atomic E-state index is 0.0334. The standard InChI is InChI=1S/C29H40O7/c1-5-6-7-8-22-9-15-26(16-10-22)36-29(33)24-13-11-23(12-14-24)25(18-34-27(31)20(2)3)19-35-28(32)21(4)17-30/h9-10,15-16,23-25,30H,2,4-8,11-14,17-19H2,1,3H3. The Bertz CT molecular complexity index is 895. The molecule has 1 aliphatic rings. The van der Waals surface area contributed by atoms with Crippen LogP contribution in [0.25, 0.3) is 0 Å². The van der Waals surface area contributed by atoms with Gasteiger partial charge in [-0.25, -0.2) is 9.59 Å². The first-order valence-corrected chi connectivity index (χ1v) is 12.8. The Morgan fingerprint density at radius 1 is 0.972 bits per heavy atom. The Labute approximate surface area is 214 Å². The molecule has 0 bridgehead atoms. The highest BCUT2D eigenvalue weighted by Crippen LogP contribution is 2.35. The van der Waals surface area contributed by atoms with Crippen LogP contribution in [0.4, 0.5) is 0 Å². The van der Waals surface area contributed by atoms with Crippen molar-refractivity contribution in [3.63, 3.8) is 0 Å². The van der Waals surface area contributed by atoms with E-state index in [1.807, 2.05) is 24.3 Å². The summed E-state index contributed by atoms with van der Waals surface area (Å²) in [5.74, 6) is -1.20. The average molecular weight is 501 g/mol. The Hall–Kier alpha value is -2.93. The maximum absolute atomic E-state index is 12.7. The summed E-state index contributed by atoms with van der Waals surface area (Å²) < 4.78 is 16.3. The second-order valence-corrected chi connectivity index (χ2v) is 9.63. The number of rotatable bonds is 14. The normalized spacial score (nSPS) is 18.1. The lowest BCUT2D eigenvalue weighted by Crippen LogP contribution is -2.33. The second kappa shape index (κ2) is 15.2. The van der Waals surface area contributed by atoms with Crippen molar-refractivity contribution in [3.05, 3.63) is 54.1 Å².